The van der Waals surface area contributed by atoms with Crippen LogP contribution in [-0.4, -0.2) is 12.7 Å². The molecule has 0 bridgehead atoms. The lowest BCUT2D eigenvalue weighted by Gasteiger charge is -2.27. The predicted octanol–water partition coefficient (Wildman–Crippen LogP) is 2.95. The highest BCUT2D eigenvalue weighted by Crippen LogP contribution is 2.26. The molecule has 0 aromatic carbocycles. The molecular formula is C13H16O2. The summed E-state index contributed by atoms with van der Waals surface area (Å²) in [5.74, 6) is 1.35. The molecule has 2 rings (SSSR count). The molecule has 2 heterocycles. The Bertz CT molecular complexity index is 323. The standard InChI is InChI=1S/C13H16O2/c1-2-11(12-7-3-5-9-14-12)13-8-4-6-10-15-13/h3-9,11-12H,2,10H2,1H3. The fraction of sp³-hybridized carbons (Fsp3) is 0.385. The average molecular weight is 204 g/mol. The summed E-state index contributed by atoms with van der Waals surface area (Å²) in [5, 5.41) is 0. The quantitative estimate of drug-likeness (QED) is 0.703. The zero-order chi connectivity index (χ0) is 10.5. The minimum absolute atomic E-state index is 0.109. The Labute approximate surface area is 90.6 Å². The normalized spacial score (nSPS) is 25.4. The van der Waals surface area contributed by atoms with E-state index in [1.807, 2.05) is 30.4 Å². The molecule has 80 valence electrons. The highest BCUT2D eigenvalue weighted by molar-refractivity contribution is 5.19. The Morgan fingerprint density at radius 1 is 1.40 bits per heavy atom. The van der Waals surface area contributed by atoms with Gasteiger partial charge in [0, 0.05) is 0 Å². The van der Waals surface area contributed by atoms with Gasteiger partial charge in [0.15, 0.2) is 0 Å². The van der Waals surface area contributed by atoms with Crippen LogP contribution in [0.5, 0.6) is 0 Å². The smallest absolute Gasteiger partial charge is 0.126 e. The van der Waals surface area contributed by atoms with Gasteiger partial charge >= 0.3 is 0 Å². The molecular weight excluding hydrogens is 188 g/mol. The first-order valence-corrected chi connectivity index (χ1v) is 5.40. The van der Waals surface area contributed by atoms with Crippen LogP contribution in [0.25, 0.3) is 0 Å². The zero-order valence-corrected chi connectivity index (χ0v) is 8.93. The molecule has 2 unspecified atom stereocenters. The van der Waals surface area contributed by atoms with Gasteiger partial charge in [0.25, 0.3) is 0 Å². The lowest BCUT2D eigenvalue weighted by Crippen LogP contribution is -2.24. The highest BCUT2D eigenvalue weighted by atomic mass is 16.5. The molecule has 0 aliphatic carbocycles. The second-order valence-electron chi connectivity index (χ2n) is 3.64. The molecule has 2 aliphatic rings. The van der Waals surface area contributed by atoms with Crippen molar-refractivity contribution in [2.24, 2.45) is 5.92 Å². The Kier molecular flexibility index (Phi) is 3.28. The van der Waals surface area contributed by atoms with Crippen LogP contribution in [0.1, 0.15) is 13.3 Å². The van der Waals surface area contributed by atoms with Gasteiger partial charge in [0.2, 0.25) is 0 Å². The summed E-state index contributed by atoms with van der Waals surface area (Å²) in [7, 11) is 0. The van der Waals surface area contributed by atoms with Gasteiger partial charge in [-0.25, -0.2) is 0 Å². The zero-order valence-electron chi connectivity index (χ0n) is 8.93. The first-order chi connectivity index (χ1) is 7.42. The first-order valence-electron chi connectivity index (χ1n) is 5.40. The van der Waals surface area contributed by atoms with E-state index in [0.29, 0.717) is 12.5 Å². The predicted molar refractivity (Wildman–Crippen MR) is 60.1 cm³/mol. The van der Waals surface area contributed by atoms with E-state index < -0.39 is 0 Å². The first kappa shape index (κ1) is 10.1. The SMILES string of the molecule is CCC(C1=CC=CCO1)C1C=CC=CO1. The van der Waals surface area contributed by atoms with Crippen LogP contribution in [0.15, 0.2) is 48.5 Å². The second-order valence-corrected chi connectivity index (χ2v) is 3.64. The highest BCUT2D eigenvalue weighted by Gasteiger charge is 2.24. The van der Waals surface area contributed by atoms with Gasteiger partial charge in [0.1, 0.15) is 18.5 Å². The van der Waals surface area contributed by atoms with Crippen molar-refractivity contribution >= 4 is 0 Å². The van der Waals surface area contributed by atoms with Gasteiger partial charge in [-0.2, -0.15) is 0 Å². The molecule has 0 aromatic heterocycles. The van der Waals surface area contributed by atoms with Crippen molar-refractivity contribution in [1.82, 2.24) is 0 Å². The molecule has 0 N–H and O–H groups in total. The van der Waals surface area contributed by atoms with Gasteiger partial charge in [0.05, 0.1) is 12.2 Å². The molecule has 0 radical (unpaired) electrons. The summed E-state index contributed by atoms with van der Waals surface area (Å²) in [4.78, 5) is 0. The van der Waals surface area contributed by atoms with Gasteiger partial charge in [-0.3, -0.25) is 0 Å². The van der Waals surface area contributed by atoms with Crippen molar-refractivity contribution in [3.63, 3.8) is 0 Å². The van der Waals surface area contributed by atoms with Crippen LogP contribution in [0.3, 0.4) is 0 Å². The van der Waals surface area contributed by atoms with Crippen LogP contribution in [0.4, 0.5) is 0 Å². The lowest BCUT2D eigenvalue weighted by atomic mass is 9.95. The third-order valence-electron chi connectivity index (χ3n) is 2.67. The number of hydrogen-bond acceptors (Lipinski definition) is 2. The Morgan fingerprint density at radius 2 is 2.33 bits per heavy atom. The summed E-state index contributed by atoms with van der Waals surface area (Å²) >= 11 is 0. The van der Waals surface area contributed by atoms with Crippen molar-refractivity contribution < 1.29 is 9.47 Å². The third kappa shape index (κ3) is 2.32. The largest absolute Gasteiger partial charge is 0.493 e. The molecule has 2 atom stereocenters. The van der Waals surface area contributed by atoms with Crippen LogP contribution < -0.4 is 0 Å². The summed E-state index contributed by atoms with van der Waals surface area (Å²) in [6.45, 7) is 2.83. The minimum atomic E-state index is 0.109. The van der Waals surface area contributed by atoms with Gasteiger partial charge < -0.3 is 9.47 Å². The van der Waals surface area contributed by atoms with Crippen LogP contribution in [-0.2, 0) is 9.47 Å². The average Bonchev–Trinajstić information content (AvgIpc) is 2.33. The molecule has 0 aromatic rings. The molecule has 15 heavy (non-hydrogen) atoms. The maximum Gasteiger partial charge on any atom is 0.126 e. The fourth-order valence-electron chi connectivity index (χ4n) is 1.87. The maximum absolute atomic E-state index is 5.62. The molecule has 2 nitrogen and oxygen atoms in total. The lowest BCUT2D eigenvalue weighted by molar-refractivity contribution is 0.0936. The molecule has 0 spiro atoms. The maximum atomic E-state index is 5.62. The van der Waals surface area contributed by atoms with Crippen LogP contribution in [0.2, 0.25) is 0 Å². The summed E-state index contributed by atoms with van der Waals surface area (Å²) < 4.78 is 11.2. The minimum Gasteiger partial charge on any atom is -0.493 e. The Balaban J connectivity index is 2.09. The van der Waals surface area contributed by atoms with E-state index in [4.69, 9.17) is 9.47 Å². The van der Waals surface area contributed by atoms with Gasteiger partial charge in [-0.1, -0.05) is 19.1 Å². The molecule has 2 heteroatoms. The summed E-state index contributed by atoms with van der Waals surface area (Å²) in [5.41, 5.74) is 0. The van der Waals surface area contributed by atoms with Gasteiger partial charge in [-0.05, 0) is 30.7 Å². The van der Waals surface area contributed by atoms with E-state index in [2.05, 4.69) is 13.0 Å². The topological polar surface area (TPSA) is 18.5 Å². The number of hydrogen-bond donors (Lipinski definition) is 0. The van der Waals surface area contributed by atoms with Gasteiger partial charge in [-0.15, -0.1) is 0 Å². The van der Waals surface area contributed by atoms with Crippen molar-refractivity contribution in [2.75, 3.05) is 6.61 Å². The van der Waals surface area contributed by atoms with E-state index in [1.54, 1.807) is 6.26 Å². The number of allylic oxidation sites excluding steroid dienone is 4. The number of ether oxygens (including phenoxy) is 2. The molecule has 0 saturated carbocycles. The third-order valence-corrected chi connectivity index (χ3v) is 2.67. The molecule has 2 aliphatic heterocycles. The fourth-order valence-corrected chi connectivity index (χ4v) is 1.87. The molecule has 0 fully saturated rings. The molecule has 0 saturated heterocycles. The Morgan fingerprint density at radius 3 is 2.93 bits per heavy atom. The summed E-state index contributed by atoms with van der Waals surface area (Å²) in [6.07, 6.45) is 15.0. The van der Waals surface area contributed by atoms with E-state index in [-0.39, 0.29) is 6.10 Å². The second kappa shape index (κ2) is 4.87. The van der Waals surface area contributed by atoms with Crippen LogP contribution >= 0.6 is 0 Å². The van der Waals surface area contributed by atoms with E-state index in [9.17, 15) is 0 Å². The number of rotatable bonds is 3. The molecule has 0 amide bonds. The monoisotopic (exact) mass is 204 g/mol. The van der Waals surface area contributed by atoms with Crippen molar-refractivity contribution in [3.05, 3.63) is 48.5 Å². The van der Waals surface area contributed by atoms with Crippen molar-refractivity contribution in [3.8, 4) is 0 Å². The van der Waals surface area contributed by atoms with Crippen molar-refractivity contribution in [1.29, 1.82) is 0 Å². The summed E-state index contributed by atoms with van der Waals surface area (Å²) in [6, 6.07) is 0. The van der Waals surface area contributed by atoms with Crippen molar-refractivity contribution in [2.45, 2.75) is 19.4 Å². The van der Waals surface area contributed by atoms with Crippen LogP contribution in [0, 0.1) is 5.92 Å². The van der Waals surface area contributed by atoms with E-state index >= 15 is 0 Å². The van der Waals surface area contributed by atoms with E-state index in [1.165, 1.54) is 0 Å². The Hall–Kier alpha value is -1.44. The van der Waals surface area contributed by atoms with E-state index in [0.717, 1.165) is 12.2 Å².